The smallest absolute Gasteiger partial charge is 0.0705 e. The van der Waals surface area contributed by atoms with E-state index in [-0.39, 0.29) is 0 Å². The Labute approximate surface area is 170 Å². The molecule has 28 heavy (non-hydrogen) atoms. The van der Waals surface area contributed by atoms with E-state index < -0.39 is 0 Å². The molecule has 0 fully saturated rings. The third-order valence-corrected chi connectivity index (χ3v) is 5.28. The highest BCUT2D eigenvalue weighted by atomic mass is 32.2. The number of hydrogen-bond acceptors (Lipinski definition) is 3. The van der Waals surface area contributed by atoms with Crippen LogP contribution in [0.5, 0.6) is 0 Å². The van der Waals surface area contributed by atoms with Gasteiger partial charge in [0.25, 0.3) is 0 Å². The Hall–Kier alpha value is -3.06. The number of nitrogens with one attached hydrogen (secondary N) is 1. The molecule has 0 saturated carbocycles. The zero-order valence-corrected chi connectivity index (χ0v) is 16.5. The lowest BCUT2D eigenvalue weighted by atomic mass is 10.1. The van der Waals surface area contributed by atoms with Crippen molar-refractivity contribution >= 4 is 22.9 Å². The second-order valence-corrected chi connectivity index (χ2v) is 7.47. The number of rotatable bonds is 4. The van der Waals surface area contributed by atoms with Crippen molar-refractivity contribution in [1.29, 1.82) is 0 Å². The summed E-state index contributed by atoms with van der Waals surface area (Å²) in [7, 11) is 0. The minimum Gasteiger partial charge on any atom is -0.256 e. The van der Waals surface area contributed by atoms with Crippen molar-refractivity contribution in [2.45, 2.75) is 18.4 Å². The maximum atomic E-state index is 4.42. The summed E-state index contributed by atoms with van der Waals surface area (Å²) in [6.45, 7) is 2.89. The molecule has 0 amide bonds. The van der Waals surface area contributed by atoms with E-state index in [1.165, 1.54) is 21.4 Å². The van der Waals surface area contributed by atoms with Crippen LogP contribution in [0.25, 0.3) is 10.9 Å². The van der Waals surface area contributed by atoms with Gasteiger partial charge in [0.1, 0.15) is 0 Å². The number of aryl methyl sites for hydroxylation is 1. The van der Waals surface area contributed by atoms with Crippen molar-refractivity contribution in [3.05, 3.63) is 107 Å². The highest BCUT2D eigenvalue weighted by molar-refractivity contribution is 7.97. The molecule has 3 aromatic carbocycles. The molecular weight excluding hydrogens is 360 g/mol. The standard InChI is InChI=1S/C25H20N2S/c1-19-17-23(14-13-21(19)12-11-20-7-3-2-4-8-20)28-27-18-22-15-16-26-25-10-6-5-9-24(22)25/h2-10,13-17,27H,18H2,1H3. The molecule has 0 spiro atoms. The normalized spacial score (nSPS) is 10.5. The lowest BCUT2D eigenvalue weighted by molar-refractivity contribution is 0.982. The number of pyridine rings is 1. The minimum absolute atomic E-state index is 0.780. The molecule has 0 aliphatic rings. The molecular formula is C25H20N2S. The van der Waals surface area contributed by atoms with Crippen LogP contribution in [0, 0.1) is 18.8 Å². The minimum atomic E-state index is 0.780. The first kappa shape index (κ1) is 18.3. The molecule has 3 heteroatoms. The van der Waals surface area contributed by atoms with Gasteiger partial charge in [-0.2, -0.15) is 0 Å². The summed E-state index contributed by atoms with van der Waals surface area (Å²) in [5, 5.41) is 1.20. The van der Waals surface area contributed by atoms with E-state index in [2.05, 4.69) is 64.9 Å². The number of fused-ring (bicyclic) bond motifs is 1. The largest absolute Gasteiger partial charge is 0.256 e. The van der Waals surface area contributed by atoms with Crippen LogP contribution in [-0.4, -0.2) is 4.98 Å². The summed E-state index contributed by atoms with van der Waals surface area (Å²) in [6.07, 6.45) is 1.87. The monoisotopic (exact) mass is 380 g/mol. The average Bonchev–Trinajstić information content (AvgIpc) is 2.74. The maximum Gasteiger partial charge on any atom is 0.0705 e. The first-order valence-electron chi connectivity index (χ1n) is 9.20. The predicted octanol–water partition coefficient (Wildman–Crippen LogP) is 5.74. The third-order valence-electron chi connectivity index (χ3n) is 4.51. The number of benzene rings is 3. The van der Waals surface area contributed by atoms with Crippen molar-refractivity contribution in [3.63, 3.8) is 0 Å². The molecule has 0 unspecified atom stereocenters. The molecule has 2 nitrogen and oxygen atoms in total. The van der Waals surface area contributed by atoms with Crippen molar-refractivity contribution in [3.8, 4) is 11.8 Å². The number of aromatic nitrogens is 1. The van der Waals surface area contributed by atoms with Gasteiger partial charge in [0.2, 0.25) is 0 Å². The Kier molecular flexibility index (Phi) is 5.72. The molecule has 0 aliphatic heterocycles. The predicted molar refractivity (Wildman–Crippen MR) is 118 cm³/mol. The van der Waals surface area contributed by atoms with Gasteiger partial charge in [-0.1, -0.05) is 48.2 Å². The third kappa shape index (κ3) is 4.43. The van der Waals surface area contributed by atoms with Gasteiger partial charge < -0.3 is 0 Å². The van der Waals surface area contributed by atoms with Gasteiger partial charge in [-0.15, -0.1) is 0 Å². The molecule has 1 N–H and O–H groups in total. The van der Waals surface area contributed by atoms with Crippen LogP contribution in [0.3, 0.4) is 0 Å². The van der Waals surface area contributed by atoms with Gasteiger partial charge >= 0.3 is 0 Å². The van der Waals surface area contributed by atoms with Crippen LogP contribution in [0.2, 0.25) is 0 Å². The van der Waals surface area contributed by atoms with Crippen LogP contribution in [0.4, 0.5) is 0 Å². The molecule has 1 aromatic heterocycles. The van der Waals surface area contributed by atoms with Crippen molar-refractivity contribution in [2.75, 3.05) is 0 Å². The second kappa shape index (κ2) is 8.75. The summed E-state index contributed by atoms with van der Waals surface area (Å²) in [5.41, 5.74) is 5.56. The number of hydrogen-bond donors (Lipinski definition) is 1. The van der Waals surface area contributed by atoms with Gasteiger partial charge in [-0.05, 0) is 72.5 Å². The van der Waals surface area contributed by atoms with Gasteiger partial charge in [0.05, 0.1) is 5.52 Å². The van der Waals surface area contributed by atoms with Gasteiger partial charge in [0, 0.05) is 34.2 Å². The molecule has 0 radical (unpaired) electrons. The van der Waals surface area contributed by atoms with Crippen LogP contribution >= 0.6 is 11.9 Å². The maximum absolute atomic E-state index is 4.42. The zero-order chi connectivity index (χ0) is 19.2. The molecule has 4 aromatic rings. The molecule has 0 atom stereocenters. The van der Waals surface area contributed by atoms with E-state index in [0.29, 0.717) is 0 Å². The summed E-state index contributed by atoms with van der Waals surface area (Å²) >= 11 is 1.64. The van der Waals surface area contributed by atoms with Crippen molar-refractivity contribution in [1.82, 2.24) is 9.71 Å². The number of nitrogens with zero attached hydrogens (tertiary/aromatic N) is 1. The number of para-hydroxylation sites is 1. The van der Waals surface area contributed by atoms with E-state index in [4.69, 9.17) is 0 Å². The second-order valence-electron chi connectivity index (χ2n) is 6.50. The highest BCUT2D eigenvalue weighted by Gasteiger charge is 2.03. The van der Waals surface area contributed by atoms with Crippen molar-refractivity contribution < 1.29 is 0 Å². The first-order valence-corrected chi connectivity index (χ1v) is 10.0. The summed E-state index contributed by atoms with van der Waals surface area (Å²) in [6, 6.07) is 26.8. The Balaban J connectivity index is 1.42. The molecule has 4 rings (SSSR count). The summed E-state index contributed by atoms with van der Waals surface area (Å²) < 4.78 is 3.47. The van der Waals surface area contributed by atoms with Crippen LogP contribution in [0.1, 0.15) is 22.3 Å². The topological polar surface area (TPSA) is 24.9 Å². The lowest BCUT2D eigenvalue weighted by Crippen LogP contribution is -2.04. The van der Waals surface area contributed by atoms with Gasteiger partial charge in [-0.25, -0.2) is 0 Å². The summed E-state index contributed by atoms with van der Waals surface area (Å²) in [4.78, 5) is 5.60. The average molecular weight is 381 g/mol. The van der Waals surface area contributed by atoms with Gasteiger partial charge in [0.15, 0.2) is 0 Å². The van der Waals surface area contributed by atoms with E-state index in [9.17, 15) is 0 Å². The Bertz CT molecular complexity index is 1150. The quantitative estimate of drug-likeness (QED) is 0.361. The van der Waals surface area contributed by atoms with Crippen molar-refractivity contribution in [2.24, 2.45) is 0 Å². The lowest BCUT2D eigenvalue weighted by Gasteiger charge is -2.08. The molecule has 1 heterocycles. The van der Waals surface area contributed by atoms with Crippen LogP contribution in [0.15, 0.2) is 90.0 Å². The van der Waals surface area contributed by atoms with Gasteiger partial charge in [-0.3, -0.25) is 9.71 Å². The fraction of sp³-hybridized carbons (Fsp3) is 0.0800. The highest BCUT2D eigenvalue weighted by Crippen LogP contribution is 2.21. The van der Waals surface area contributed by atoms with Crippen LogP contribution < -0.4 is 4.72 Å². The Morgan fingerprint density at radius 2 is 1.71 bits per heavy atom. The SMILES string of the molecule is Cc1cc(SNCc2ccnc3ccccc23)ccc1C#Cc1ccccc1. The summed E-state index contributed by atoms with van der Waals surface area (Å²) in [5.74, 6) is 6.50. The van der Waals surface area contributed by atoms with E-state index in [1.807, 2.05) is 48.7 Å². The fourth-order valence-electron chi connectivity index (χ4n) is 3.01. The Morgan fingerprint density at radius 1 is 0.893 bits per heavy atom. The van der Waals surface area contributed by atoms with Crippen LogP contribution in [-0.2, 0) is 6.54 Å². The molecule has 136 valence electrons. The first-order chi connectivity index (χ1) is 13.8. The molecule has 0 aliphatic carbocycles. The van der Waals surface area contributed by atoms with E-state index in [0.717, 1.165) is 23.2 Å². The van der Waals surface area contributed by atoms with E-state index >= 15 is 0 Å². The zero-order valence-electron chi connectivity index (χ0n) is 15.6. The molecule has 0 saturated heterocycles. The van der Waals surface area contributed by atoms with E-state index in [1.54, 1.807) is 11.9 Å². The fourth-order valence-corrected chi connectivity index (χ4v) is 3.77. The molecule has 0 bridgehead atoms. The Morgan fingerprint density at radius 3 is 2.57 bits per heavy atom.